The number of hydrogen-bond donors (Lipinski definition) is 1. The van der Waals surface area contributed by atoms with Gasteiger partial charge < -0.3 is 20.1 Å². The zero-order valence-electron chi connectivity index (χ0n) is 15.6. The minimum Gasteiger partial charge on any atom is -0.493 e. The zero-order valence-corrected chi connectivity index (χ0v) is 15.6. The standard InChI is InChI=1S/C21H30N2O2/c1-23(16-18-10-13-20(24-2)21(15-18)25-3)14-6-4-5-7-17-8-11-19(22)12-9-17/h8-13,15H,4-7,14,16,22H2,1-3H3. The summed E-state index contributed by atoms with van der Waals surface area (Å²) >= 11 is 0. The van der Waals surface area contributed by atoms with Crippen molar-refractivity contribution in [2.45, 2.75) is 32.2 Å². The number of unbranched alkanes of at least 4 members (excludes halogenated alkanes) is 2. The van der Waals surface area contributed by atoms with Crippen LogP contribution in [0, 0.1) is 0 Å². The van der Waals surface area contributed by atoms with Gasteiger partial charge >= 0.3 is 0 Å². The van der Waals surface area contributed by atoms with E-state index < -0.39 is 0 Å². The molecule has 2 rings (SSSR count). The van der Waals surface area contributed by atoms with Gasteiger partial charge in [0.1, 0.15) is 0 Å². The van der Waals surface area contributed by atoms with Crippen LogP contribution in [-0.4, -0.2) is 32.7 Å². The SMILES string of the molecule is COc1ccc(CN(C)CCCCCc2ccc(N)cc2)cc1OC. The number of anilines is 1. The summed E-state index contributed by atoms with van der Waals surface area (Å²) in [4.78, 5) is 2.35. The van der Waals surface area contributed by atoms with E-state index in [9.17, 15) is 0 Å². The van der Waals surface area contributed by atoms with Gasteiger partial charge in [0.2, 0.25) is 0 Å². The van der Waals surface area contributed by atoms with Crippen molar-refractivity contribution in [2.75, 3.05) is 33.5 Å². The minimum absolute atomic E-state index is 0.775. The average molecular weight is 342 g/mol. The third-order valence-corrected chi connectivity index (χ3v) is 4.39. The number of nitrogens with two attached hydrogens (primary N) is 1. The van der Waals surface area contributed by atoms with E-state index in [1.165, 1.54) is 30.4 Å². The van der Waals surface area contributed by atoms with Crippen LogP contribution in [0.5, 0.6) is 11.5 Å². The van der Waals surface area contributed by atoms with Crippen LogP contribution in [0.1, 0.15) is 30.4 Å². The van der Waals surface area contributed by atoms with Crippen molar-refractivity contribution >= 4 is 5.69 Å². The van der Waals surface area contributed by atoms with Gasteiger partial charge in [0.15, 0.2) is 11.5 Å². The molecule has 0 amide bonds. The molecule has 2 N–H and O–H groups in total. The first-order valence-corrected chi connectivity index (χ1v) is 8.86. The second kappa shape index (κ2) is 9.94. The largest absolute Gasteiger partial charge is 0.493 e. The highest BCUT2D eigenvalue weighted by molar-refractivity contribution is 5.42. The maximum atomic E-state index is 5.71. The summed E-state index contributed by atoms with van der Waals surface area (Å²) in [5.74, 6) is 1.56. The van der Waals surface area contributed by atoms with Crippen LogP contribution in [0.3, 0.4) is 0 Å². The Bertz CT molecular complexity index is 641. The molecule has 0 aromatic heterocycles. The maximum absolute atomic E-state index is 5.71. The molecular formula is C21H30N2O2. The Morgan fingerprint density at radius 2 is 1.52 bits per heavy atom. The molecule has 2 aromatic carbocycles. The second-order valence-corrected chi connectivity index (χ2v) is 6.48. The first kappa shape index (κ1) is 19.1. The van der Waals surface area contributed by atoms with Gasteiger partial charge in [0.05, 0.1) is 14.2 Å². The molecule has 136 valence electrons. The van der Waals surface area contributed by atoms with Gasteiger partial charge in [-0.1, -0.05) is 24.6 Å². The summed E-state index contributed by atoms with van der Waals surface area (Å²) in [6.07, 6.45) is 4.78. The third kappa shape index (κ3) is 6.31. The number of aryl methyl sites for hydroxylation is 1. The summed E-state index contributed by atoms with van der Waals surface area (Å²) in [6.45, 7) is 2.01. The fraction of sp³-hybridized carbons (Fsp3) is 0.429. The predicted molar refractivity (Wildman–Crippen MR) is 104 cm³/mol. The lowest BCUT2D eigenvalue weighted by Gasteiger charge is -2.17. The van der Waals surface area contributed by atoms with Crippen molar-refractivity contribution in [1.29, 1.82) is 0 Å². The van der Waals surface area contributed by atoms with Gasteiger partial charge in [-0.05, 0) is 68.2 Å². The smallest absolute Gasteiger partial charge is 0.161 e. The molecule has 0 aliphatic rings. The zero-order chi connectivity index (χ0) is 18.1. The molecule has 0 aliphatic carbocycles. The first-order chi connectivity index (χ1) is 12.1. The van der Waals surface area contributed by atoms with Crippen LogP contribution in [0.4, 0.5) is 5.69 Å². The van der Waals surface area contributed by atoms with Crippen LogP contribution in [0.15, 0.2) is 42.5 Å². The lowest BCUT2D eigenvalue weighted by atomic mass is 10.1. The molecule has 0 unspecified atom stereocenters. The van der Waals surface area contributed by atoms with Gasteiger partial charge in [-0.15, -0.1) is 0 Å². The van der Waals surface area contributed by atoms with Crippen molar-refractivity contribution in [2.24, 2.45) is 0 Å². The Labute approximate surface area is 151 Å². The molecule has 4 heteroatoms. The molecule has 0 aliphatic heterocycles. The average Bonchev–Trinajstić information content (AvgIpc) is 2.62. The maximum Gasteiger partial charge on any atom is 0.161 e. The number of ether oxygens (including phenoxy) is 2. The third-order valence-electron chi connectivity index (χ3n) is 4.39. The molecular weight excluding hydrogens is 312 g/mol. The highest BCUT2D eigenvalue weighted by Gasteiger charge is 2.06. The van der Waals surface area contributed by atoms with Crippen molar-refractivity contribution < 1.29 is 9.47 Å². The highest BCUT2D eigenvalue weighted by Crippen LogP contribution is 2.27. The molecule has 0 radical (unpaired) electrons. The highest BCUT2D eigenvalue weighted by atomic mass is 16.5. The Balaban J connectivity index is 1.68. The molecule has 0 atom stereocenters. The van der Waals surface area contributed by atoms with Gasteiger partial charge in [-0.2, -0.15) is 0 Å². The Hall–Kier alpha value is -2.20. The minimum atomic E-state index is 0.775. The Morgan fingerprint density at radius 3 is 2.20 bits per heavy atom. The summed E-state index contributed by atoms with van der Waals surface area (Å²) in [5.41, 5.74) is 9.15. The van der Waals surface area contributed by atoms with Crippen LogP contribution < -0.4 is 15.2 Å². The molecule has 0 spiro atoms. The number of hydrogen-bond acceptors (Lipinski definition) is 4. The van der Waals surface area contributed by atoms with Crippen molar-refractivity contribution in [3.63, 3.8) is 0 Å². The lowest BCUT2D eigenvalue weighted by Crippen LogP contribution is -2.19. The van der Waals surface area contributed by atoms with Crippen LogP contribution in [0.25, 0.3) is 0 Å². The summed E-state index contributed by atoms with van der Waals surface area (Å²) in [6, 6.07) is 14.3. The van der Waals surface area contributed by atoms with E-state index in [0.29, 0.717) is 0 Å². The normalized spacial score (nSPS) is 10.9. The van der Waals surface area contributed by atoms with E-state index >= 15 is 0 Å². The van der Waals surface area contributed by atoms with E-state index in [1.807, 2.05) is 18.2 Å². The van der Waals surface area contributed by atoms with Crippen LogP contribution in [-0.2, 0) is 13.0 Å². The fourth-order valence-corrected chi connectivity index (χ4v) is 2.94. The topological polar surface area (TPSA) is 47.7 Å². The van der Waals surface area contributed by atoms with E-state index in [4.69, 9.17) is 15.2 Å². The Kier molecular flexibility index (Phi) is 7.61. The first-order valence-electron chi connectivity index (χ1n) is 8.86. The van der Waals surface area contributed by atoms with E-state index in [2.05, 4.69) is 36.2 Å². The quantitative estimate of drug-likeness (QED) is 0.521. The Morgan fingerprint density at radius 1 is 0.840 bits per heavy atom. The van der Waals surface area contributed by atoms with E-state index in [1.54, 1.807) is 14.2 Å². The number of nitrogen functional groups attached to an aromatic ring is 1. The molecule has 2 aromatic rings. The molecule has 0 saturated heterocycles. The summed E-state index contributed by atoms with van der Waals surface area (Å²) in [5, 5.41) is 0. The number of methoxy groups -OCH3 is 2. The predicted octanol–water partition coefficient (Wildman–Crippen LogP) is 4.13. The molecule has 0 heterocycles. The van der Waals surface area contributed by atoms with Gasteiger partial charge in [0, 0.05) is 12.2 Å². The van der Waals surface area contributed by atoms with Gasteiger partial charge in [-0.3, -0.25) is 0 Å². The van der Waals surface area contributed by atoms with Crippen LogP contribution >= 0.6 is 0 Å². The van der Waals surface area contributed by atoms with Crippen LogP contribution in [0.2, 0.25) is 0 Å². The summed E-state index contributed by atoms with van der Waals surface area (Å²) < 4.78 is 10.7. The van der Waals surface area contributed by atoms with Gasteiger partial charge in [-0.25, -0.2) is 0 Å². The second-order valence-electron chi connectivity index (χ2n) is 6.48. The molecule has 4 nitrogen and oxygen atoms in total. The van der Waals surface area contributed by atoms with E-state index in [-0.39, 0.29) is 0 Å². The number of benzene rings is 2. The fourth-order valence-electron chi connectivity index (χ4n) is 2.94. The number of rotatable bonds is 10. The molecule has 25 heavy (non-hydrogen) atoms. The molecule has 0 fully saturated rings. The van der Waals surface area contributed by atoms with Gasteiger partial charge in [0.25, 0.3) is 0 Å². The number of nitrogens with zero attached hydrogens (tertiary/aromatic N) is 1. The van der Waals surface area contributed by atoms with Crippen molar-refractivity contribution in [3.05, 3.63) is 53.6 Å². The summed E-state index contributed by atoms with van der Waals surface area (Å²) in [7, 11) is 5.50. The van der Waals surface area contributed by atoms with E-state index in [0.717, 1.165) is 36.7 Å². The van der Waals surface area contributed by atoms with Crippen molar-refractivity contribution in [3.8, 4) is 11.5 Å². The molecule has 0 saturated carbocycles. The molecule has 0 bridgehead atoms. The monoisotopic (exact) mass is 342 g/mol. The lowest BCUT2D eigenvalue weighted by molar-refractivity contribution is 0.315. The van der Waals surface area contributed by atoms with Crippen molar-refractivity contribution in [1.82, 2.24) is 4.90 Å².